The Balaban J connectivity index is 3.27. The van der Waals surface area contributed by atoms with Crippen LogP contribution in [0, 0.1) is 0 Å². The number of hydrogen-bond donors (Lipinski definition) is 0. The van der Waals surface area contributed by atoms with E-state index in [0.717, 1.165) is 33.8 Å². The van der Waals surface area contributed by atoms with E-state index in [1.165, 1.54) is 18.7 Å². The average molecular weight is 406 g/mol. The molecule has 0 unspecified atom stereocenters. The van der Waals surface area contributed by atoms with Crippen LogP contribution in [0.4, 0.5) is 0 Å². The number of carbonyl (C=O) groups excluding carboxylic acids is 4. The molecule has 0 radical (unpaired) electrons. The van der Waals surface area contributed by atoms with Crippen molar-refractivity contribution >= 4 is 35.6 Å². The van der Waals surface area contributed by atoms with Gasteiger partial charge in [-0.1, -0.05) is 13.3 Å². The van der Waals surface area contributed by atoms with E-state index in [1.54, 1.807) is 0 Å². The molecule has 27 heavy (non-hydrogen) atoms. The van der Waals surface area contributed by atoms with Gasteiger partial charge in [-0.15, -0.1) is 11.8 Å². The second-order valence-corrected chi connectivity index (χ2v) is 7.10. The summed E-state index contributed by atoms with van der Waals surface area (Å²) >= 11 is 1.32. The Hall–Kier alpha value is -1.81. The van der Waals surface area contributed by atoms with Crippen molar-refractivity contribution in [2.24, 2.45) is 0 Å². The Labute approximate surface area is 162 Å². The minimum Gasteiger partial charge on any atom is -0.467 e. The van der Waals surface area contributed by atoms with Crippen molar-refractivity contribution in [3.05, 3.63) is 0 Å². The summed E-state index contributed by atoms with van der Waals surface area (Å²) in [5.41, 5.74) is -0.805. The Morgan fingerprint density at radius 1 is 0.889 bits per heavy atom. The van der Waals surface area contributed by atoms with Gasteiger partial charge in [0.1, 0.15) is 5.44 Å². The first-order valence-corrected chi connectivity index (χ1v) is 9.62. The normalized spacial score (nSPS) is 27.4. The van der Waals surface area contributed by atoms with E-state index < -0.39 is 53.7 Å². The maximum atomic E-state index is 12.2. The summed E-state index contributed by atoms with van der Waals surface area (Å²) in [5, 5.41) is 0. The SMILES string of the molecule is CCCCS[C@H]1O[C@H](C(=O)OC)[C@@H](OC(C)=O)[C@H](OC(C)=O)[C@H]1OC(C)=O. The van der Waals surface area contributed by atoms with Crippen molar-refractivity contribution in [1.82, 2.24) is 0 Å². The van der Waals surface area contributed by atoms with Crippen LogP contribution in [-0.4, -0.2) is 66.6 Å². The number of thioether (sulfide) groups is 1. The lowest BCUT2D eigenvalue weighted by atomic mass is 9.99. The fourth-order valence-electron chi connectivity index (χ4n) is 2.56. The number of hydrogen-bond acceptors (Lipinski definition) is 10. The lowest BCUT2D eigenvalue weighted by Gasteiger charge is -2.43. The summed E-state index contributed by atoms with van der Waals surface area (Å²) in [6, 6.07) is 0. The predicted molar refractivity (Wildman–Crippen MR) is 94.7 cm³/mol. The number of methoxy groups -OCH3 is 1. The number of esters is 4. The largest absolute Gasteiger partial charge is 0.467 e. The lowest BCUT2D eigenvalue weighted by molar-refractivity contribution is -0.235. The summed E-state index contributed by atoms with van der Waals surface area (Å²) in [5.74, 6) is -2.15. The standard InChI is InChI=1S/C17H26O9S/c1-6-7-8-27-17-15(25-11(4)20)13(24-10(3)19)12(23-9(2)18)14(26-17)16(21)22-5/h12-15,17H,6-8H2,1-5H3/t12-,13-,14-,15+,17+/m0/s1. The van der Waals surface area contributed by atoms with E-state index in [9.17, 15) is 19.2 Å². The fraction of sp³-hybridized carbons (Fsp3) is 0.765. The molecule has 0 aromatic heterocycles. The molecule has 0 saturated carbocycles. The van der Waals surface area contributed by atoms with E-state index >= 15 is 0 Å². The zero-order valence-electron chi connectivity index (χ0n) is 16.1. The van der Waals surface area contributed by atoms with Crippen molar-refractivity contribution in [1.29, 1.82) is 0 Å². The topological polar surface area (TPSA) is 114 Å². The van der Waals surface area contributed by atoms with Crippen LogP contribution in [0.5, 0.6) is 0 Å². The predicted octanol–water partition coefficient (Wildman–Crippen LogP) is 1.21. The Morgan fingerprint density at radius 2 is 1.41 bits per heavy atom. The molecule has 0 amide bonds. The van der Waals surface area contributed by atoms with Crippen molar-refractivity contribution in [2.45, 2.75) is 70.4 Å². The first-order chi connectivity index (χ1) is 12.7. The highest BCUT2D eigenvalue weighted by Gasteiger charge is 2.54. The third-order valence-corrected chi connectivity index (χ3v) is 4.85. The summed E-state index contributed by atoms with van der Waals surface area (Å²) in [4.78, 5) is 46.9. The van der Waals surface area contributed by atoms with Crippen molar-refractivity contribution in [3.8, 4) is 0 Å². The highest BCUT2D eigenvalue weighted by molar-refractivity contribution is 7.99. The number of carbonyl (C=O) groups is 4. The van der Waals surface area contributed by atoms with Crippen molar-refractivity contribution in [3.63, 3.8) is 0 Å². The highest BCUT2D eigenvalue weighted by atomic mass is 32.2. The molecule has 154 valence electrons. The molecular formula is C17H26O9S. The van der Waals surface area contributed by atoms with Gasteiger partial charge in [0, 0.05) is 20.8 Å². The van der Waals surface area contributed by atoms with Gasteiger partial charge in [-0.2, -0.15) is 0 Å². The molecule has 0 N–H and O–H groups in total. The van der Waals surface area contributed by atoms with Crippen LogP contribution >= 0.6 is 11.8 Å². The van der Waals surface area contributed by atoms with Gasteiger partial charge < -0.3 is 23.7 Å². The molecule has 0 aromatic rings. The first-order valence-electron chi connectivity index (χ1n) is 8.57. The van der Waals surface area contributed by atoms with Crippen LogP contribution in [0.15, 0.2) is 0 Å². The zero-order chi connectivity index (χ0) is 20.6. The molecular weight excluding hydrogens is 380 g/mol. The summed E-state index contributed by atoms with van der Waals surface area (Å²) in [6.45, 7) is 5.52. The van der Waals surface area contributed by atoms with Gasteiger partial charge >= 0.3 is 23.9 Å². The minimum atomic E-state index is -1.32. The van der Waals surface area contributed by atoms with Crippen LogP contribution in [0.2, 0.25) is 0 Å². The van der Waals surface area contributed by atoms with Gasteiger partial charge in [0.15, 0.2) is 24.4 Å². The van der Waals surface area contributed by atoms with E-state index in [2.05, 4.69) is 0 Å². The van der Waals surface area contributed by atoms with Crippen LogP contribution < -0.4 is 0 Å². The first kappa shape index (κ1) is 23.2. The van der Waals surface area contributed by atoms with Gasteiger partial charge in [0.2, 0.25) is 0 Å². The monoisotopic (exact) mass is 406 g/mol. The zero-order valence-corrected chi connectivity index (χ0v) is 16.9. The molecule has 1 heterocycles. The van der Waals surface area contributed by atoms with Gasteiger partial charge in [-0.3, -0.25) is 14.4 Å². The van der Waals surface area contributed by atoms with E-state index in [1.807, 2.05) is 6.92 Å². The minimum absolute atomic E-state index is 0.625. The Kier molecular flexibility index (Phi) is 9.57. The van der Waals surface area contributed by atoms with Crippen LogP contribution in [-0.2, 0) is 42.9 Å². The van der Waals surface area contributed by atoms with Gasteiger partial charge in [-0.05, 0) is 12.2 Å². The molecule has 0 aromatic carbocycles. The molecule has 0 spiro atoms. The lowest BCUT2D eigenvalue weighted by Crippen LogP contribution is -2.62. The Morgan fingerprint density at radius 3 is 1.89 bits per heavy atom. The van der Waals surface area contributed by atoms with Gasteiger partial charge in [0.05, 0.1) is 7.11 Å². The summed E-state index contributed by atoms with van der Waals surface area (Å²) in [7, 11) is 1.16. The second-order valence-electron chi connectivity index (χ2n) is 5.89. The van der Waals surface area contributed by atoms with Crippen molar-refractivity contribution in [2.75, 3.05) is 12.9 Å². The quantitative estimate of drug-likeness (QED) is 0.331. The molecule has 1 aliphatic rings. The number of rotatable bonds is 8. The fourth-order valence-corrected chi connectivity index (χ4v) is 3.84. The van der Waals surface area contributed by atoms with Gasteiger partial charge in [0.25, 0.3) is 0 Å². The molecule has 0 bridgehead atoms. The number of ether oxygens (including phenoxy) is 5. The molecule has 0 aliphatic carbocycles. The summed E-state index contributed by atoms with van der Waals surface area (Å²) < 4.78 is 26.3. The maximum Gasteiger partial charge on any atom is 0.339 e. The second kappa shape index (κ2) is 11.1. The smallest absolute Gasteiger partial charge is 0.339 e. The third kappa shape index (κ3) is 7.02. The maximum absolute atomic E-state index is 12.2. The third-order valence-electron chi connectivity index (χ3n) is 3.61. The van der Waals surface area contributed by atoms with E-state index in [0.29, 0.717) is 5.75 Å². The van der Waals surface area contributed by atoms with Crippen LogP contribution in [0.1, 0.15) is 40.5 Å². The molecule has 1 aliphatic heterocycles. The molecule has 9 nitrogen and oxygen atoms in total. The highest BCUT2D eigenvalue weighted by Crippen LogP contribution is 2.34. The van der Waals surface area contributed by atoms with Gasteiger partial charge in [-0.25, -0.2) is 4.79 Å². The summed E-state index contributed by atoms with van der Waals surface area (Å²) in [6.07, 6.45) is -3.11. The molecule has 1 saturated heterocycles. The molecule has 1 rings (SSSR count). The Bertz CT molecular complexity index is 551. The van der Waals surface area contributed by atoms with E-state index in [-0.39, 0.29) is 0 Å². The van der Waals surface area contributed by atoms with Crippen molar-refractivity contribution < 1.29 is 42.9 Å². The van der Waals surface area contributed by atoms with Crippen LogP contribution in [0.3, 0.4) is 0 Å². The molecule has 1 fully saturated rings. The molecule has 10 heteroatoms. The van der Waals surface area contributed by atoms with E-state index in [4.69, 9.17) is 23.7 Å². The number of unbranched alkanes of at least 4 members (excludes halogenated alkanes) is 1. The molecule has 5 atom stereocenters. The van der Waals surface area contributed by atoms with Crippen LogP contribution in [0.25, 0.3) is 0 Å². The average Bonchev–Trinajstić information content (AvgIpc) is 2.57.